The van der Waals surface area contributed by atoms with Crippen molar-refractivity contribution in [2.24, 2.45) is 0 Å². The number of thiophene rings is 1. The molecule has 0 fully saturated rings. The molecule has 1 heterocycles. The number of carbonyl (C=O) groups is 1. The Kier molecular flexibility index (Phi) is 3.15. The van der Waals surface area contributed by atoms with Gasteiger partial charge in [0.05, 0.1) is 6.04 Å². The summed E-state index contributed by atoms with van der Waals surface area (Å²) in [7, 11) is 0. The second kappa shape index (κ2) is 4.75. The molecule has 0 bridgehead atoms. The summed E-state index contributed by atoms with van der Waals surface area (Å²) >= 11 is 1.64. The number of benzene rings is 1. The quantitative estimate of drug-likeness (QED) is 0.784. The molecule has 1 aromatic carbocycles. The number of hydrogen-bond acceptors (Lipinski definition) is 2. The van der Waals surface area contributed by atoms with Gasteiger partial charge in [-0.25, -0.2) is 0 Å². The van der Waals surface area contributed by atoms with Crippen LogP contribution in [0.4, 0.5) is 0 Å². The Morgan fingerprint density at radius 3 is 2.53 bits per heavy atom. The maximum atomic E-state index is 10.6. The lowest BCUT2D eigenvalue weighted by Gasteiger charge is -2.14. The summed E-state index contributed by atoms with van der Waals surface area (Å²) in [6, 6.07) is 13.9. The molecule has 0 saturated heterocycles. The smallest absolute Gasteiger partial charge is 0.207 e. The lowest BCUT2D eigenvalue weighted by atomic mass is 10.1. The number of carbonyl (C=O) groups excluding carboxylic acids is 1. The van der Waals surface area contributed by atoms with Crippen molar-refractivity contribution in [3.8, 4) is 0 Å². The third kappa shape index (κ3) is 2.25. The molecule has 1 unspecified atom stereocenters. The van der Waals surface area contributed by atoms with Crippen molar-refractivity contribution in [1.82, 2.24) is 5.32 Å². The van der Waals surface area contributed by atoms with Gasteiger partial charge in [0.2, 0.25) is 6.41 Å². The molecule has 2 aromatic rings. The molecular formula is C12H11NOS. The summed E-state index contributed by atoms with van der Waals surface area (Å²) in [4.78, 5) is 11.7. The third-order valence-corrected chi connectivity index (χ3v) is 3.13. The van der Waals surface area contributed by atoms with E-state index in [1.165, 1.54) is 0 Å². The third-order valence-electron chi connectivity index (χ3n) is 2.20. The van der Waals surface area contributed by atoms with Gasteiger partial charge >= 0.3 is 0 Å². The van der Waals surface area contributed by atoms with Crippen LogP contribution in [-0.2, 0) is 4.79 Å². The van der Waals surface area contributed by atoms with Crippen LogP contribution >= 0.6 is 11.3 Å². The first-order valence-corrected chi connectivity index (χ1v) is 5.58. The summed E-state index contributed by atoms with van der Waals surface area (Å²) in [6.45, 7) is 0. The number of amides is 1. The van der Waals surface area contributed by atoms with Crippen LogP contribution in [0, 0.1) is 0 Å². The van der Waals surface area contributed by atoms with Crippen LogP contribution in [0.3, 0.4) is 0 Å². The highest BCUT2D eigenvalue weighted by atomic mass is 32.1. The van der Waals surface area contributed by atoms with Crippen molar-refractivity contribution < 1.29 is 4.79 Å². The molecule has 1 atom stereocenters. The van der Waals surface area contributed by atoms with Gasteiger partial charge < -0.3 is 5.32 Å². The molecule has 2 rings (SSSR count). The first-order valence-electron chi connectivity index (χ1n) is 4.70. The van der Waals surface area contributed by atoms with E-state index in [0.717, 1.165) is 16.9 Å². The molecule has 3 heteroatoms. The summed E-state index contributed by atoms with van der Waals surface area (Å²) in [5.41, 5.74) is 1.10. The molecule has 1 N–H and O–H groups in total. The lowest BCUT2D eigenvalue weighted by Crippen LogP contribution is -2.19. The second-order valence-corrected chi connectivity index (χ2v) is 4.12. The monoisotopic (exact) mass is 217 g/mol. The topological polar surface area (TPSA) is 29.1 Å². The minimum absolute atomic E-state index is 0.0244. The van der Waals surface area contributed by atoms with Gasteiger partial charge in [-0.15, -0.1) is 11.3 Å². The Hall–Kier alpha value is -1.61. The molecule has 0 spiro atoms. The fourth-order valence-electron chi connectivity index (χ4n) is 1.51. The van der Waals surface area contributed by atoms with Crippen LogP contribution in [0.15, 0.2) is 47.8 Å². The Balaban J connectivity index is 2.32. The van der Waals surface area contributed by atoms with E-state index in [1.54, 1.807) is 11.3 Å². The molecule has 0 aliphatic carbocycles. The first-order chi connectivity index (χ1) is 7.42. The van der Waals surface area contributed by atoms with Crippen molar-refractivity contribution in [1.29, 1.82) is 0 Å². The molecule has 1 aromatic heterocycles. The van der Waals surface area contributed by atoms with Crippen LogP contribution in [0.5, 0.6) is 0 Å². The molecule has 0 aliphatic heterocycles. The summed E-state index contributed by atoms with van der Waals surface area (Å²) in [6.07, 6.45) is 0.747. The van der Waals surface area contributed by atoms with Crippen LogP contribution < -0.4 is 5.32 Å². The molecule has 1 amide bonds. The zero-order chi connectivity index (χ0) is 10.5. The Labute approximate surface area is 92.6 Å². The van der Waals surface area contributed by atoms with Gasteiger partial charge in [0.25, 0.3) is 0 Å². The average Bonchev–Trinajstić information content (AvgIpc) is 2.80. The van der Waals surface area contributed by atoms with Crippen LogP contribution in [0.1, 0.15) is 16.5 Å². The molecule has 0 aliphatic rings. The largest absolute Gasteiger partial charge is 0.347 e. The molecule has 76 valence electrons. The zero-order valence-corrected chi connectivity index (χ0v) is 8.91. The van der Waals surface area contributed by atoms with Gasteiger partial charge in [0.15, 0.2) is 0 Å². The summed E-state index contributed by atoms with van der Waals surface area (Å²) < 4.78 is 0. The van der Waals surface area contributed by atoms with Gasteiger partial charge in [-0.2, -0.15) is 0 Å². The summed E-state index contributed by atoms with van der Waals surface area (Å²) in [5, 5.41) is 4.84. The number of hydrogen-bond donors (Lipinski definition) is 1. The van der Waals surface area contributed by atoms with Crippen molar-refractivity contribution in [2.45, 2.75) is 6.04 Å². The Morgan fingerprint density at radius 2 is 1.93 bits per heavy atom. The van der Waals surface area contributed by atoms with Crippen molar-refractivity contribution in [3.05, 3.63) is 58.3 Å². The van der Waals surface area contributed by atoms with Gasteiger partial charge in [-0.1, -0.05) is 36.4 Å². The van der Waals surface area contributed by atoms with E-state index in [4.69, 9.17) is 0 Å². The zero-order valence-electron chi connectivity index (χ0n) is 8.09. The first kappa shape index (κ1) is 9.93. The maximum absolute atomic E-state index is 10.6. The van der Waals surface area contributed by atoms with Gasteiger partial charge in [0.1, 0.15) is 0 Å². The standard InChI is InChI=1S/C12H11NOS/c14-9-13-12(11-7-4-8-15-11)10-5-2-1-3-6-10/h1-9,12H,(H,13,14). The highest BCUT2D eigenvalue weighted by molar-refractivity contribution is 7.10. The van der Waals surface area contributed by atoms with E-state index in [0.29, 0.717) is 0 Å². The number of nitrogens with one attached hydrogen (secondary N) is 1. The molecule has 15 heavy (non-hydrogen) atoms. The maximum Gasteiger partial charge on any atom is 0.207 e. The minimum Gasteiger partial charge on any atom is -0.347 e. The SMILES string of the molecule is O=CNC(c1ccccc1)c1cccs1. The fraction of sp³-hybridized carbons (Fsp3) is 0.0833. The molecule has 2 nitrogen and oxygen atoms in total. The highest BCUT2D eigenvalue weighted by Crippen LogP contribution is 2.25. The van der Waals surface area contributed by atoms with Crippen LogP contribution in [0.25, 0.3) is 0 Å². The van der Waals surface area contributed by atoms with E-state index in [1.807, 2.05) is 47.8 Å². The average molecular weight is 217 g/mol. The Bertz CT molecular complexity index is 410. The predicted molar refractivity (Wildman–Crippen MR) is 61.8 cm³/mol. The van der Waals surface area contributed by atoms with Crippen LogP contribution in [-0.4, -0.2) is 6.41 Å². The van der Waals surface area contributed by atoms with Crippen LogP contribution in [0.2, 0.25) is 0 Å². The fourth-order valence-corrected chi connectivity index (χ4v) is 2.32. The Morgan fingerprint density at radius 1 is 1.13 bits per heavy atom. The van der Waals surface area contributed by atoms with Gasteiger partial charge in [-0.05, 0) is 17.0 Å². The minimum atomic E-state index is -0.0244. The van der Waals surface area contributed by atoms with E-state index in [2.05, 4.69) is 5.32 Å². The van der Waals surface area contributed by atoms with E-state index in [9.17, 15) is 4.79 Å². The van der Waals surface area contributed by atoms with Gasteiger partial charge in [-0.3, -0.25) is 4.79 Å². The summed E-state index contributed by atoms with van der Waals surface area (Å²) in [5.74, 6) is 0. The van der Waals surface area contributed by atoms with Gasteiger partial charge in [0, 0.05) is 4.88 Å². The molecular weight excluding hydrogens is 206 g/mol. The lowest BCUT2D eigenvalue weighted by molar-refractivity contribution is -0.109. The van der Waals surface area contributed by atoms with E-state index < -0.39 is 0 Å². The molecule has 0 saturated carbocycles. The van der Waals surface area contributed by atoms with Crippen molar-refractivity contribution in [2.75, 3.05) is 0 Å². The number of rotatable bonds is 4. The highest BCUT2D eigenvalue weighted by Gasteiger charge is 2.12. The van der Waals surface area contributed by atoms with Crippen molar-refractivity contribution in [3.63, 3.8) is 0 Å². The van der Waals surface area contributed by atoms with E-state index in [-0.39, 0.29) is 6.04 Å². The normalized spacial score (nSPS) is 12.0. The van der Waals surface area contributed by atoms with E-state index >= 15 is 0 Å². The predicted octanol–water partition coefficient (Wildman–Crippen LogP) is 2.58. The second-order valence-electron chi connectivity index (χ2n) is 3.14. The van der Waals surface area contributed by atoms with Crippen molar-refractivity contribution >= 4 is 17.7 Å². The molecule has 0 radical (unpaired) electrons.